The molecule has 19 heavy (non-hydrogen) atoms. The molecule has 1 fully saturated rings. The number of benzene rings is 1. The second-order valence-electron chi connectivity index (χ2n) is 6.77. The molecule has 1 aromatic rings. The molecule has 0 amide bonds. The molecule has 1 unspecified atom stereocenters. The number of nitrogens with two attached hydrogens (primary N) is 1. The first-order valence-corrected chi connectivity index (χ1v) is 7.41. The fourth-order valence-corrected chi connectivity index (χ4v) is 3.19. The number of hydrogen-bond acceptors (Lipinski definition) is 1. The first kappa shape index (κ1) is 14.8. The predicted molar refractivity (Wildman–Crippen MR) is 78.9 cm³/mol. The van der Waals surface area contributed by atoms with Crippen molar-refractivity contribution in [1.29, 1.82) is 0 Å². The Bertz CT molecular complexity index is 458. The van der Waals surface area contributed by atoms with Crippen molar-refractivity contribution >= 4 is 11.6 Å². The summed E-state index contributed by atoms with van der Waals surface area (Å²) >= 11 is 5.84. The quantitative estimate of drug-likeness (QED) is 0.782. The predicted octanol–water partition coefficient (Wildman–Crippen LogP) is 4.71. The van der Waals surface area contributed by atoms with Crippen molar-refractivity contribution in [2.24, 2.45) is 11.1 Å². The molecule has 0 radical (unpaired) electrons. The van der Waals surface area contributed by atoms with Gasteiger partial charge in [0.05, 0.1) is 5.02 Å². The third-order valence-corrected chi connectivity index (χ3v) is 4.69. The SMILES string of the molecule is CC1(C)CCCC(N)(Cc2cccc(Cl)c2F)CC1. The van der Waals surface area contributed by atoms with Gasteiger partial charge in [-0.25, -0.2) is 4.39 Å². The Morgan fingerprint density at radius 1 is 1.21 bits per heavy atom. The molecular weight excluding hydrogens is 261 g/mol. The Morgan fingerprint density at radius 3 is 2.68 bits per heavy atom. The Balaban J connectivity index is 2.15. The van der Waals surface area contributed by atoms with Gasteiger partial charge in [0.1, 0.15) is 5.82 Å². The molecule has 106 valence electrons. The van der Waals surface area contributed by atoms with Gasteiger partial charge in [0.25, 0.3) is 0 Å². The van der Waals surface area contributed by atoms with E-state index in [1.807, 2.05) is 0 Å². The normalized spacial score (nSPS) is 27.0. The van der Waals surface area contributed by atoms with Crippen LogP contribution in [0.15, 0.2) is 18.2 Å². The fraction of sp³-hybridized carbons (Fsp3) is 0.625. The summed E-state index contributed by atoms with van der Waals surface area (Å²) in [4.78, 5) is 0. The summed E-state index contributed by atoms with van der Waals surface area (Å²) in [5.41, 5.74) is 7.23. The van der Waals surface area contributed by atoms with Crippen molar-refractivity contribution in [3.8, 4) is 0 Å². The maximum absolute atomic E-state index is 14.0. The Hall–Kier alpha value is -0.600. The zero-order valence-corrected chi connectivity index (χ0v) is 12.6. The van der Waals surface area contributed by atoms with Crippen LogP contribution in [0.2, 0.25) is 5.02 Å². The molecule has 0 aromatic heterocycles. The fourth-order valence-electron chi connectivity index (χ4n) is 3.00. The highest BCUT2D eigenvalue weighted by Crippen LogP contribution is 2.38. The maximum Gasteiger partial charge on any atom is 0.145 e. The molecule has 1 aliphatic rings. The van der Waals surface area contributed by atoms with Crippen LogP contribution in [0.4, 0.5) is 4.39 Å². The van der Waals surface area contributed by atoms with Crippen LogP contribution in [0.1, 0.15) is 51.5 Å². The van der Waals surface area contributed by atoms with Crippen LogP contribution >= 0.6 is 11.6 Å². The Morgan fingerprint density at radius 2 is 1.95 bits per heavy atom. The van der Waals surface area contributed by atoms with Crippen molar-refractivity contribution in [3.63, 3.8) is 0 Å². The lowest BCUT2D eigenvalue weighted by atomic mass is 9.81. The van der Waals surface area contributed by atoms with Gasteiger partial charge in [-0.1, -0.05) is 44.0 Å². The van der Waals surface area contributed by atoms with Crippen molar-refractivity contribution in [2.45, 2.75) is 57.9 Å². The second-order valence-corrected chi connectivity index (χ2v) is 7.18. The Labute approximate surface area is 120 Å². The summed E-state index contributed by atoms with van der Waals surface area (Å²) in [5.74, 6) is -0.308. The van der Waals surface area contributed by atoms with Crippen molar-refractivity contribution < 1.29 is 4.39 Å². The van der Waals surface area contributed by atoms with Crippen LogP contribution < -0.4 is 5.73 Å². The van der Waals surface area contributed by atoms with Crippen LogP contribution in [0, 0.1) is 11.2 Å². The molecule has 1 saturated carbocycles. The molecule has 2 rings (SSSR count). The average Bonchev–Trinajstić information content (AvgIpc) is 2.45. The average molecular weight is 284 g/mol. The summed E-state index contributed by atoms with van der Waals surface area (Å²) in [5, 5.41) is 0.190. The standard InChI is InChI=1S/C16H23ClFN/c1-15(2)7-4-8-16(19,10-9-15)11-12-5-3-6-13(17)14(12)18/h3,5-6H,4,7-11,19H2,1-2H3. The lowest BCUT2D eigenvalue weighted by Gasteiger charge is -2.29. The molecule has 2 N–H and O–H groups in total. The van der Waals surface area contributed by atoms with E-state index < -0.39 is 0 Å². The minimum atomic E-state index is -0.308. The first-order chi connectivity index (χ1) is 8.81. The van der Waals surface area contributed by atoms with Gasteiger partial charge < -0.3 is 5.73 Å². The van der Waals surface area contributed by atoms with E-state index >= 15 is 0 Å². The van der Waals surface area contributed by atoms with E-state index in [2.05, 4.69) is 13.8 Å². The molecule has 1 aromatic carbocycles. The van der Waals surface area contributed by atoms with E-state index in [1.54, 1.807) is 18.2 Å². The molecule has 0 aliphatic heterocycles. The zero-order valence-electron chi connectivity index (χ0n) is 11.8. The van der Waals surface area contributed by atoms with Gasteiger partial charge in [-0.05, 0) is 49.1 Å². The van der Waals surface area contributed by atoms with E-state index in [9.17, 15) is 4.39 Å². The van der Waals surface area contributed by atoms with Gasteiger partial charge in [0.15, 0.2) is 0 Å². The summed E-state index contributed by atoms with van der Waals surface area (Å²) in [6.45, 7) is 4.58. The zero-order chi connectivity index (χ0) is 14.1. The van der Waals surface area contributed by atoms with Crippen LogP contribution in [-0.4, -0.2) is 5.54 Å². The third-order valence-electron chi connectivity index (χ3n) is 4.40. The number of halogens is 2. The van der Waals surface area contributed by atoms with E-state index in [4.69, 9.17) is 17.3 Å². The summed E-state index contributed by atoms with van der Waals surface area (Å²) < 4.78 is 14.0. The Kier molecular flexibility index (Phi) is 4.22. The van der Waals surface area contributed by atoms with E-state index in [0.717, 1.165) is 25.7 Å². The summed E-state index contributed by atoms with van der Waals surface area (Å²) in [7, 11) is 0. The number of hydrogen-bond donors (Lipinski definition) is 1. The smallest absolute Gasteiger partial charge is 0.145 e. The molecule has 3 heteroatoms. The lowest BCUT2D eigenvalue weighted by molar-refractivity contribution is 0.296. The molecule has 0 bridgehead atoms. The summed E-state index contributed by atoms with van der Waals surface area (Å²) in [6, 6.07) is 5.18. The van der Waals surface area contributed by atoms with Crippen LogP contribution in [-0.2, 0) is 6.42 Å². The molecule has 0 heterocycles. The van der Waals surface area contributed by atoms with Gasteiger partial charge in [-0.2, -0.15) is 0 Å². The van der Waals surface area contributed by atoms with Gasteiger partial charge in [0, 0.05) is 5.54 Å². The van der Waals surface area contributed by atoms with Gasteiger partial charge >= 0.3 is 0 Å². The highest BCUT2D eigenvalue weighted by molar-refractivity contribution is 6.30. The van der Waals surface area contributed by atoms with Crippen LogP contribution in [0.3, 0.4) is 0 Å². The molecule has 1 nitrogen and oxygen atoms in total. The van der Waals surface area contributed by atoms with Crippen LogP contribution in [0.25, 0.3) is 0 Å². The first-order valence-electron chi connectivity index (χ1n) is 7.03. The van der Waals surface area contributed by atoms with Crippen molar-refractivity contribution in [1.82, 2.24) is 0 Å². The minimum absolute atomic E-state index is 0.190. The van der Waals surface area contributed by atoms with Crippen LogP contribution in [0.5, 0.6) is 0 Å². The monoisotopic (exact) mass is 283 g/mol. The number of rotatable bonds is 2. The summed E-state index contributed by atoms with van der Waals surface area (Å²) in [6.07, 6.45) is 5.91. The maximum atomic E-state index is 14.0. The van der Waals surface area contributed by atoms with Crippen molar-refractivity contribution in [2.75, 3.05) is 0 Å². The molecule has 1 aliphatic carbocycles. The molecule has 0 spiro atoms. The lowest BCUT2D eigenvalue weighted by Crippen LogP contribution is -2.42. The topological polar surface area (TPSA) is 26.0 Å². The highest BCUT2D eigenvalue weighted by Gasteiger charge is 2.33. The third kappa shape index (κ3) is 3.70. The molecular formula is C16H23ClFN. The van der Waals surface area contributed by atoms with E-state index in [0.29, 0.717) is 17.4 Å². The van der Waals surface area contributed by atoms with Crippen molar-refractivity contribution in [3.05, 3.63) is 34.6 Å². The molecule has 1 atom stereocenters. The van der Waals surface area contributed by atoms with Gasteiger partial charge in [-0.3, -0.25) is 0 Å². The van der Waals surface area contributed by atoms with Gasteiger partial charge in [-0.15, -0.1) is 0 Å². The largest absolute Gasteiger partial charge is 0.325 e. The van der Waals surface area contributed by atoms with E-state index in [1.165, 1.54) is 6.42 Å². The highest BCUT2D eigenvalue weighted by atomic mass is 35.5. The second kappa shape index (κ2) is 5.41. The molecule has 0 saturated heterocycles. The van der Waals surface area contributed by atoms with Gasteiger partial charge in [0.2, 0.25) is 0 Å². The van der Waals surface area contributed by atoms with E-state index in [-0.39, 0.29) is 16.4 Å². The minimum Gasteiger partial charge on any atom is -0.325 e.